The van der Waals surface area contributed by atoms with Crippen molar-refractivity contribution in [1.29, 1.82) is 0 Å². The Labute approximate surface area is 130 Å². The minimum absolute atomic E-state index is 0.148. The lowest BCUT2D eigenvalue weighted by atomic mass is 9.59. The van der Waals surface area contributed by atoms with Crippen molar-refractivity contribution in [2.45, 2.75) is 58.1 Å². The fourth-order valence-electron chi connectivity index (χ4n) is 3.66. The Balaban J connectivity index is 2.36. The molecule has 1 aliphatic heterocycles. The summed E-state index contributed by atoms with van der Waals surface area (Å²) in [6.07, 6.45) is 1.64. The van der Waals surface area contributed by atoms with Gasteiger partial charge in [-0.3, -0.25) is 14.4 Å². The van der Waals surface area contributed by atoms with Gasteiger partial charge in [0.15, 0.2) is 0 Å². The van der Waals surface area contributed by atoms with Gasteiger partial charge in [0.1, 0.15) is 17.4 Å². The lowest BCUT2D eigenvalue weighted by Crippen LogP contribution is -2.64. The van der Waals surface area contributed by atoms with Crippen LogP contribution in [-0.2, 0) is 23.9 Å². The number of methoxy groups -OCH3 is 1. The van der Waals surface area contributed by atoms with Crippen LogP contribution in [-0.4, -0.2) is 43.0 Å². The molecule has 1 saturated heterocycles. The zero-order chi connectivity index (χ0) is 16.5. The molecule has 0 aromatic carbocycles. The van der Waals surface area contributed by atoms with E-state index in [1.807, 2.05) is 0 Å². The Morgan fingerprint density at radius 2 is 2.00 bits per heavy atom. The normalized spacial score (nSPS) is 32.1. The average molecular weight is 311 g/mol. The van der Waals surface area contributed by atoms with Crippen LogP contribution < -0.4 is 5.32 Å². The van der Waals surface area contributed by atoms with Crippen LogP contribution in [0.25, 0.3) is 0 Å². The first kappa shape index (κ1) is 16.9. The number of ether oxygens (including phenoxy) is 2. The molecule has 0 radical (unpaired) electrons. The van der Waals surface area contributed by atoms with Gasteiger partial charge >= 0.3 is 11.9 Å². The van der Waals surface area contributed by atoms with Gasteiger partial charge in [-0.2, -0.15) is 0 Å². The molecule has 1 saturated carbocycles. The van der Waals surface area contributed by atoms with Crippen LogP contribution in [0.5, 0.6) is 0 Å². The number of hydrogen-bond donors (Lipinski definition) is 1. The van der Waals surface area contributed by atoms with E-state index in [9.17, 15) is 14.4 Å². The third-order valence-electron chi connectivity index (χ3n) is 4.58. The van der Waals surface area contributed by atoms with Gasteiger partial charge in [-0.25, -0.2) is 0 Å². The summed E-state index contributed by atoms with van der Waals surface area (Å²) in [6.45, 7) is 5.96. The molecule has 2 fully saturated rings. The number of hydrogen-bond acceptors (Lipinski definition) is 6. The van der Waals surface area contributed by atoms with Gasteiger partial charge in [-0.15, -0.1) is 0 Å². The summed E-state index contributed by atoms with van der Waals surface area (Å²) >= 11 is 0. The molecule has 0 amide bonds. The summed E-state index contributed by atoms with van der Waals surface area (Å²) in [5.74, 6) is -0.889. The zero-order valence-electron chi connectivity index (χ0n) is 13.7. The second-order valence-electron chi connectivity index (χ2n) is 7.18. The van der Waals surface area contributed by atoms with Crippen molar-refractivity contribution in [3.8, 4) is 0 Å². The Morgan fingerprint density at radius 1 is 1.32 bits per heavy atom. The molecule has 1 unspecified atom stereocenters. The predicted octanol–water partition coefficient (Wildman–Crippen LogP) is 1.22. The van der Waals surface area contributed by atoms with E-state index in [0.717, 1.165) is 0 Å². The summed E-state index contributed by atoms with van der Waals surface area (Å²) in [5, 5.41) is 3.12. The number of rotatable bonds is 2. The van der Waals surface area contributed by atoms with Crippen molar-refractivity contribution < 1.29 is 23.9 Å². The van der Waals surface area contributed by atoms with Crippen molar-refractivity contribution in [1.82, 2.24) is 5.32 Å². The van der Waals surface area contributed by atoms with Crippen LogP contribution in [0.1, 0.15) is 46.5 Å². The van der Waals surface area contributed by atoms with Gasteiger partial charge in [-0.1, -0.05) is 0 Å². The second kappa shape index (κ2) is 5.99. The fourth-order valence-corrected chi connectivity index (χ4v) is 3.66. The fraction of sp³-hybridized carbons (Fsp3) is 0.812. The zero-order valence-corrected chi connectivity index (χ0v) is 13.7. The van der Waals surface area contributed by atoms with Crippen molar-refractivity contribution in [2.75, 3.05) is 13.7 Å². The van der Waals surface area contributed by atoms with Crippen LogP contribution in [0, 0.1) is 11.3 Å². The minimum atomic E-state index is -0.997. The summed E-state index contributed by atoms with van der Waals surface area (Å²) in [7, 11) is 1.32. The van der Waals surface area contributed by atoms with Crippen molar-refractivity contribution in [2.24, 2.45) is 11.3 Å². The molecule has 1 N–H and O–H groups in total. The molecular formula is C16H25NO5. The molecule has 1 heterocycles. The van der Waals surface area contributed by atoms with Crippen LogP contribution in [0.4, 0.5) is 0 Å². The average Bonchev–Trinajstić information content (AvgIpc) is 2.43. The van der Waals surface area contributed by atoms with E-state index < -0.39 is 29.0 Å². The van der Waals surface area contributed by atoms with E-state index in [1.165, 1.54) is 7.11 Å². The molecule has 1 aliphatic carbocycles. The maximum atomic E-state index is 12.6. The number of piperidine rings is 1. The lowest BCUT2D eigenvalue weighted by Gasteiger charge is -2.49. The first-order valence-corrected chi connectivity index (χ1v) is 7.77. The third-order valence-corrected chi connectivity index (χ3v) is 4.58. The van der Waals surface area contributed by atoms with E-state index in [-0.39, 0.29) is 11.7 Å². The maximum Gasteiger partial charge on any atom is 0.324 e. The largest absolute Gasteiger partial charge is 0.469 e. The van der Waals surface area contributed by atoms with E-state index in [1.54, 1.807) is 20.8 Å². The molecule has 0 aromatic rings. The van der Waals surface area contributed by atoms with Gasteiger partial charge in [0.25, 0.3) is 0 Å². The predicted molar refractivity (Wildman–Crippen MR) is 79.0 cm³/mol. The highest BCUT2D eigenvalue weighted by Crippen LogP contribution is 2.48. The van der Waals surface area contributed by atoms with Gasteiger partial charge in [0, 0.05) is 12.8 Å². The van der Waals surface area contributed by atoms with Crippen LogP contribution in [0.2, 0.25) is 0 Å². The highest BCUT2D eigenvalue weighted by Gasteiger charge is 2.59. The van der Waals surface area contributed by atoms with Crippen LogP contribution in [0.15, 0.2) is 0 Å². The highest BCUT2D eigenvalue weighted by atomic mass is 16.6. The van der Waals surface area contributed by atoms with E-state index in [0.29, 0.717) is 32.2 Å². The summed E-state index contributed by atoms with van der Waals surface area (Å²) in [4.78, 5) is 36.9. The first-order chi connectivity index (χ1) is 10.2. The molecule has 3 atom stereocenters. The monoisotopic (exact) mass is 311 g/mol. The van der Waals surface area contributed by atoms with Crippen molar-refractivity contribution in [3.05, 3.63) is 0 Å². The molecule has 6 nitrogen and oxygen atoms in total. The number of Topliss-reactive ketones (excluding diaryl/α,β-unsaturated/α-hetero) is 1. The Bertz CT molecular complexity index is 481. The Morgan fingerprint density at radius 3 is 2.59 bits per heavy atom. The lowest BCUT2D eigenvalue weighted by molar-refractivity contribution is -0.180. The van der Waals surface area contributed by atoms with Crippen LogP contribution >= 0.6 is 0 Å². The summed E-state index contributed by atoms with van der Waals surface area (Å²) in [6, 6.07) is -0.758. The molecule has 0 aromatic heterocycles. The van der Waals surface area contributed by atoms with E-state index in [4.69, 9.17) is 9.47 Å². The smallest absolute Gasteiger partial charge is 0.324 e. The number of esters is 2. The molecule has 2 rings (SSSR count). The minimum Gasteiger partial charge on any atom is -0.469 e. The number of fused-ring (bicyclic) bond motifs is 1. The molecular weight excluding hydrogens is 286 g/mol. The first-order valence-electron chi connectivity index (χ1n) is 7.77. The molecule has 22 heavy (non-hydrogen) atoms. The summed E-state index contributed by atoms with van der Waals surface area (Å²) in [5.41, 5.74) is -1.63. The van der Waals surface area contributed by atoms with Crippen molar-refractivity contribution >= 4 is 17.7 Å². The van der Waals surface area contributed by atoms with Gasteiger partial charge in [-0.05, 0) is 46.1 Å². The molecule has 6 heteroatoms. The molecule has 0 spiro atoms. The SMILES string of the molecule is COC(=O)[C@]12CCC(=O)C[C@@H]1CCNC2C(=O)OC(C)(C)C. The highest BCUT2D eigenvalue weighted by molar-refractivity contribution is 5.91. The van der Waals surface area contributed by atoms with Gasteiger partial charge in [0.2, 0.25) is 0 Å². The number of carbonyl (C=O) groups excluding carboxylic acids is 3. The van der Waals surface area contributed by atoms with Crippen molar-refractivity contribution in [3.63, 3.8) is 0 Å². The quantitative estimate of drug-likeness (QED) is 0.772. The third kappa shape index (κ3) is 3.02. The summed E-state index contributed by atoms with van der Waals surface area (Å²) < 4.78 is 10.5. The van der Waals surface area contributed by atoms with Gasteiger partial charge < -0.3 is 14.8 Å². The number of ketones is 1. The maximum absolute atomic E-state index is 12.6. The second-order valence-corrected chi connectivity index (χ2v) is 7.18. The Hall–Kier alpha value is -1.43. The Kier molecular flexibility index (Phi) is 4.61. The number of nitrogens with one attached hydrogen (secondary N) is 1. The number of carbonyl (C=O) groups is 3. The van der Waals surface area contributed by atoms with E-state index >= 15 is 0 Å². The topological polar surface area (TPSA) is 81.7 Å². The van der Waals surface area contributed by atoms with Gasteiger partial charge in [0.05, 0.1) is 12.5 Å². The molecule has 124 valence electrons. The standard InChI is InChI=1S/C16H25NO5/c1-15(2,3)22-13(19)12-16(14(20)21-4)7-5-11(18)9-10(16)6-8-17-12/h10,12,17H,5-9H2,1-4H3/t10-,12?,16+/m0/s1. The molecule has 2 aliphatic rings. The van der Waals surface area contributed by atoms with E-state index in [2.05, 4.69) is 5.32 Å². The van der Waals surface area contributed by atoms with Crippen LogP contribution in [0.3, 0.4) is 0 Å². The molecule has 0 bridgehead atoms.